The van der Waals surface area contributed by atoms with Gasteiger partial charge in [0.05, 0.1) is 15.8 Å². The van der Waals surface area contributed by atoms with Crippen LogP contribution in [0, 0.1) is 0 Å². The number of fused-ring (bicyclic) bond motifs is 1. The molecule has 1 unspecified atom stereocenters. The molecule has 1 atom stereocenters. The average molecular weight is 397 g/mol. The monoisotopic (exact) mass is 396 g/mol. The third kappa shape index (κ3) is 3.97. The van der Waals surface area contributed by atoms with Crippen molar-refractivity contribution in [3.63, 3.8) is 0 Å². The third-order valence-electron chi connectivity index (χ3n) is 3.57. The Balaban J connectivity index is 1.78. The Bertz CT molecular complexity index is 959. The smallest absolute Gasteiger partial charge is 0.261 e. The van der Waals surface area contributed by atoms with Gasteiger partial charge in [-0.1, -0.05) is 0 Å². The van der Waals surface area contributed by atoms with Crippen molar-refractivity contribution in [1.82, 2.24) is 0 Å². The number of thioether (sulfide) groups is 1. The number of anilines is 2. The third-order valence-corrected chi connectivity index (χ3v) is 6.11. The summed E-state index contributed by atoms with van der Waals surface area (Å²) in [6.07, 6.45) is 0. The number of hydrogen-bond donors (Lipinski definition) is 2. The van der Waals surface area contributed by atoms with Gasteiger partial charge in [-0.15, -0.1) is 11.8 Å². The van der Waals surface area contributed by atoms with Gasteiger partial charge < -0.3 is 10.6 Å². The highest BCUT2D eigenvalue weighted by Gasteiger charge is 2.23. The molecule has 0 fully saturated rings. The summed E-state index contributed by atoms with van der Waals surface area (Å²) in [7, 11) is 1.45. The lowest BCUT2D eigenvalue weighted by molar-refractivity contribution is -0.115. The summed E-state index contributed by atoms with van der Waals surface area (Å²) in [4.78, 5) is 25.0. The minimum Gasteiger partial charge on any atom is -0.324 e. The van der Waals surface area contributed by atoms with Gasteiger partial charge in [0, 0.05) is 26.8 Å². The maximum Gasteiger partial charge on any atom is 0.261 e. The van der Waals surface area contributed by atoms with E-state index in [2.05, 4.69) is 10.6 Å². The first-order valence-corrected chi connectivity index (χ1v) is 10.4. The molecule has 0 saturated heterocycles. The van der Waals surface area contributed by atoms with Crippen LogP contribution in [0.1, 0.15) is 17.3 Å². The van der Waals surface area contributed by atoms with Crippen molar-refractivity contribution < 1.29 is 18.0 Å². The topological polar surface area (TPSA) is 92.3 Å². The molecule has 0 bridgehead atoms. The maximum atomic E-state index is 12.4. The van der Waals surface area contributed by atoms with Crippen molar-refractivity contribution in [2.24, 2.45) is 0 Å². The van der Waals surface area contributed by atoms with Gasteiger partial charge in [-0.05, 0) is 49.4 Å². The molecule has 0 saturated carbocycles. The Kier molecular flexibility index (Phi) is 4.77. The first-order chi connectivity index (χ1) is 11.7. The number of nitrogens with one attached hydrogen (secondary N) is 2. The van der Waals surface area contributed by atoms with Crippen LogP contribution in [0.25, 0.3) is 0 Å². The first kappa shape index (κ1) is 17.8. The molecule has 2 N–H and O–H groups in total. The number of carbonyl (C=O) groups excluding carboxylic acids is 2. The van der Waals surface area contributed by atoms with E-state index in [1.165, 1.54) is 36.0 Å². The summed E-state index contributed by atoms with van der Waals surface area (Å²) in [6, 6.07) is 10.6. The lowest BCUT2D eigenvalue weighted by Crippen LogP contribution is -2.26. The molecule has 3 rings (SSSR count). The Hall–Kier alpha value is -2.03. The second kappa shape index (κ2) is 6.70. The summed E-state index contributed by atoms with van der Waals surface area (Å²) in [5, 5.41) is 5.26. The van der Waals surface area contributed by atoms with Crippen LogP contribution in [0.2, 0.25) is 0 Å². The lowest BCUT2D eigenvalue weighted by atomic mass is 10.1. The molecule has 0 aromatic heterocycles. The number of amides is 2. The summed E-state index contributed by atoms with van der Waals surface area (Å²) < 4.78 is 22.4. The highest BCUT2D eigenvalue weighted by Crippen LogP contribution is 2.36. The molecule has 0 radical (unpaired) electrons. The maximum absolute atomic E-state index is 12.4. The Labute approximate surface area is 153 Å². The zero-order valence-electron chi connectivity index (χ0n) is 12.9. The Morgan fingerprint density at radius 2 is 1.88 bits per heavy atom. The SMILES string of the molecule is CC1Sc2ccc(C(=O)Nc3ccc(S(=O)(=O)Cl)cc3)cc2NC1=O. The van der Waals surface area contributed by atoms with Crippen molar-refractivity contribution >= 4 is 54.7 Å². The molecule has 1 heterocycles. The van der Waals surface area contributed by atoms with E-state index in [1.807, 2.05) is 6.92 Å². The molecular weight excluding hydrogens is 384 g/mol. The van der Waals surface area contributed by atoms with Crippen LogP contribution in [-0.4, -0.2) is 25.5 Å². The molecular formula is C16H13ClN2O4S2. The van der Waals surface area contributed by atoms with Gasteiger partial charge in [-0.3, -0.25) is 9.59 Å². The highest BCUT2D eigenvalue weighted by molar-refractivity contribution is 8.13. The number of halogens is 1. The summed E-state index contributed by atoms with van der Waals surface area (Å²) >= 11 is 1.44. The number of benzene rings is 2. The lowest BCUT2D eigenvalue weighted by Gasteiger charge is -2.21. The van der Waals surface area contributed by atoms with Crippen LogP contribution in [0.5, 0.6) is 0 Å². The molecule has 2 aromatic rings. The Morgan fingerprint density at radius 1 is 1.20 bits per heavy atom. The van der Waals surface area contributed by atoms with E-state index in [-0.39, 0.29) is 22.0 Å². The molecule has 1 aliphatic heterocycles. The molecule has 25 heavy (non-hydrogen) atoms. The average Bonchev–Trinajstić information content (AvgIpc) is 2.55. The fourth-order valence-electron chi connectivity index (χ4n) is 2.25. The second-order valence-corrected chi connectivity index (χ2v) is 9.33. The van der Waals surface area contributed by atoms with Crippen molar-refractivity contribution in [2.45, 2.75) is 22.0 Å². The molecule has 130 valence electrons. The molecule has 2 aromatic carbocycles. The number of carbonyl (C=O) groups is 2. The van der Waals surface area contributed by atoms with Gasteiger partial charge in [0.1, 0.15) is 0 Å². The molecule has 0 spiro atoms. The quantitative estimate of drug-likeness (QED) is 0.776. The van der Waals surface area contributed by atoms with Crippen molar-refractivity contribution in [3.05, 3.63) is 48.0 Å². The molecule has 9 heteroatoms. The normalized spacial score (nSPS) is 16.7. The van der Waals surface area contributed by atoms with E-state index in [4.69, 9.17) is 10.7 Å². The zero-order valence-corrected chi connectivity index (χ0v) is 15.3. The van der Waals surface area contributed by atoms with Crippen molar-refractivity contribution in [3.8, 4) is 0 Å². The van der Waals surface area contributed by atoms with Crippen molar-refractivity contribution in [1.29, 1.82) is 0 Å². The zero-order chi connectivity index (χ0) is 18.2. The Morgan fingerprint density at radius 3 is 2.52 bits per heavy atom. The predicted molar refractivity (Wildman–Crippen MR) is 97.8 cm³/mol. The van der Waals surface area contributed by atoms with E-state index in [0.717, 1.165) is 4.90 Å². The molecule has 0 aliphatic carbocycles. The number of hydrogen-bond acceptors (Lipinski definition) is 5. The summed E-state index contributed by atoms with van der Waals surface area (Å²) in [6.45, 7) is 1.81. The highest BCUT2D eigenvalue weighted by atomic mass is 35.7. The largest absolute Gasteiger partial charge is 0.324 e. The first-order valence-electron chi connectivity index (χ1n) is 7.22. The molecule has 2 amide bonds. The minimum atomic E-state index is -3.80. The van der Waals surface area contributed by atoms with E-state index in [0.29, 0.717) is 16.9 Å². The fraction of sp³-hybridized carbons (Fsp3) is 0.125. The van der Waals surface area contributed by atoms with Crippen LogP contribution >= 0.6 is 22.4 Å². The van der Waals surface area contributed by atoms with E-state index < -0.39 is 9.05 Å². The van der Waals surface area contributed by atoms with Gasteiger partial charge in [0.2, 0.25) is 5.91 Å². The summed E-state index contributed by atoms with van der Waals surface area (Å²) in [5.74, 6) is -0.477. The van der Waals surface area contributed by atoms with Gasteiger partial charge in [0.25, 0.3) is 15.0 Å². The second-order valence-electron chi connectivity index (χ2n) is 5.38. The van der Waals surface area contributed by atoms with Gasteiger partial charge in [-0.25, -0.2) is 8.42 Å². The van der Waals surface area contributed by atoms with Crippen LogP contribution in [-0.2, 0) is 13.8 Å². The van der Waals surface area contributed by atoms with E-state index >= 15 is 0 Å². The van der Waals surface area contributed by atoms with Gasteiger partial charge >= 0.3 is 0 Å². The van der Waals surface area contributed by atoms with Gasteiger partial charge in [0.15, 0.2) is 0 Å². The van der Waals surface area contributed by atoms with Gasteiger partial charge in [-0.2, -0.15) is 0 Å². The molecule has 1 aliphatic rings. The van der Waals surface area contributed by atoms with E-state index in [9.17, 15) is 18.0 Å². The van der Waals surface area contributed by atoms with Crippen LogP contribution < -0.4 is 10.6 Å². The minimum absolute atomic E-state index is 0.0465. The van der Waals surface area contributed by atoms with Crippen LogP contribution in [0.15, 0.2) is 52.3 Å². The predicted octanol–water partition coefficient (Wildman–Crippen LogP) is 3.30. The number of rotatable bonds is 3. The standard InChI is InChI=1S/C16H13ClN2O4S2/c1-9-15(20)19-13-8-10(2-7-14(13)24-9)16(21)18-11-3-5-12(6-4-11)25(17,22)23/h2-9H,1H3,(H,18,21)(H,19,20). The van der Waals surface area contributed by atoms with Crippen LogP contribution in [0.4, 0.5) is 11.4 Å². The van der Waals surface area contributed by atoms with Crippen molar-refractivity contribution in [2.75, 3.05) is 10.6 Å². The van der Waals surface area contributed by atoms with Crippen LogP contribution in [0.3, 0.4) is 0 Å². The fourth-order valence-corrected chi connectivity index (χ4v) is 3.95. The summed E-state index contributed by atoms with van der Waals surface area (Å²) in [5.41, 5.74) is 1.41. The van der Waals surface area contributed by atoms with E-state index in [1.54, 1.807) is 18.2 Å². The molecule has 6 nitrogen and oxygen atoms in total.